The minimum Gasteiger partial charge on any atom is -0.478 e. The minimum atomic E-state index is -4.40. The molecule has 0 unspecified atom stereocenters. The van der Waals surface area contributed by atoms with Crippen LogP contribution in [0.2, 0.25) is 0 Å². The summed E-state index contributed by atoms with van der Waals surface area (Å²) in [6.45, 7) is 8.56. The third-order valence-corrected chi connectivity index (χ3v) is 13.6. The van der Waals surface area contributed by atoms with Gasteiger partial charge in [0.1, 0.15) is 11.2 Å². The fraction of sp³-hybridized carbons (Fsp3) is 0.462. The highest BCUT2D eigenvalue weighted by Crippen LogP contribution is 2.22. The molecule has 0 aliphatic rings. The van der Waals surface area contributed by atoms with Crippen LogP contribution in [-0.4, -0.2) is 116 Å². The third-order valence-electron chi connectivity index (χ3n) is 8.04. The Morgan fingerprint density at radius 1 is 0.556 bits per heavy atom. The number of aromatic carboxylic acids is 1. The molecule has 0 saturated carbocycles. The van der Waals surface area contributed by atoms with Crippen molar-refractivity contribution >= 4 is 69.6 Å². The number of hydrogen-bond acceptors (Lipinski definition) is 13. The topological polar surface area (TPSA) is 299 Å². The maximum atomic E-state index is 13.1. The first-order valence-electron chi connectivity index (χ1n) is 19.4. The number of hydrogen-bond donors (Lipinski definition) is 7. The fourth-order valence-corrected chi connectivity index (χ4v) is 10.4. The molecular formula is C39H56N6O14S4. The molecule has 350 valence electrons. The van der Waals surface area contributed by atoms with Gasteiger partial charge < -0.3 is 25.2 Å². The number of carbonyl (C=O) groups excluding carboxylic acids is 2. The number of carboxylic acid groups (broad SMARTS) is 1. The summed E-state index contributed by atoms with van der Waals surface area (Å²) in [7, 11) is -17.2. The molecule has 0 aliphatic heterocycles. The number of sulfonamides is 4. The Labute approximate surface area is 369 Å². The molecule has 0 radical (unpaired) electrons. The average molecular weight is 961 g/mol. The molecule has 24 heteroatoms. The summed E-state index contributed by atoms with van der Waals surface area (Å²) < 4.78 is 123. The van der Waals surface area contributed by atoms with Gasteiger partial charge in [-0.2, -0.15) is 0 Å². The van der Waals surface area contributed by atoms with Gasteiger partial charge in [0.15, 0.2) is 0 Å². The van der Waals surface area contributed by atoms with Crippen LogP contribution in [0, 0.1) is 0 Å². The first-order valence-corrected chi connectivity index (χ1v) is 26.0. The monoisotopic (exact) mass is 960 g/mol. The van der Waals surface area contributed by atoms with E-state index in [9.17, 15) is 53.2 Å². The summed E-state index contributed by atoms with van der Waals surface area (Å²) in [5.74, 6) is -4.51. The van der Waals surface area contributed by atoms with Gasteiger partial charge in [-0.1, -0.05) is 60.7 Å². The van der Waals surface area contributed by atoms with Crippen molar-refractivity contribution in [3.05, 3.63) is 95.6 Å². The molecule has 3 aromatic rings. The number of benzene rings is 3. The average Bonchev–Trinajstić information content (AvgIpc) is 3.09. The highest BCUT2D eigenvalue weighted by molar-refractivity contribution is 7.93. The first kappa shape index (κ1) is 52.3. The van der Waals surface area contributed by atoms with Crippen molar-refractivity contribution in [3.63, 3.8) is 0 Å². The van der Waals surface area contributed by atoms with E-state index in [1.54, 1.807) is 102 Å². The first-order chi connectivity index (χ1) is 29.0. The van der Waals surface area contributed by atoms with Gasteiger partial charge in [-0.25, -0.2) is 57.5 Å². The molecule has 0 spiro atoms. The highest BCUT2D eigenvalue weighted by Gasteiger charge is 2.27. The van der Waals surface area contributed by atoms with Crippen molar-refractivity contribution in [1.29, 1.82) is 0 Å². The van der Waals surface area contributed by atoms with Crippen LogP contribution in [0.4, 0.5) is 21.0 Å². The molecule has 3 rings (SSSR count). The maximum Gasteiger partial charge on any atom is 0.407 e. The zero-order valence-corrected chi connectivity index (χ0v) is 39.0. The number of amides is 2. The Bertz CT molecular complexity index is 2310. The van der Waals surface area contributed by atoms with E-state index in [0.29, 0.717) is 11.1 Å². The zero-order chi connectivity index (χ0) is 47.3. The minimum absolute atomic E-state index is 0.104. The van der Waals surface area contributed by atoms with Crippen LogP contribution in [0.3, 0.4) is 0 Å². The molecule has 20 nitrogen and oxygen atoms in total. The predicted molar refractivity (Wildman–Crippen MR) is 238 cm³/mol. The van der Waals surface area contributed by atoms with Gasteiger partial charge in [-0.3, -0.25) is 9.44 Å². The van der Waals surface area contributed by atoms with Crippen molar-refractivity contribution in [3.8, 4) is 0 Å². The molecule has 0 fully saturated rings. The number of carboxylic acids is 1. The second-order valence-corrected chi connectivity index (χ2v) is 23.8. The number of rotatable bonds is 23. The van der Waals surface area contributed by atoms with E-state index in [1.807, 2.05) is 0 Å². The lowest BCUT2D eigenvalue weighted by molar-refractivity contribution is 0.0497. The number of alkyl carbamates (subject to hydrolysis) is 2. The fourth-order valence-electron chi connectivity index (χ4n) is 5.69. The van der Waals surface area contributed by atoms with Crippen LogP contribution in [0.5, 0.6) is 0 Å². The molecule has 0 saturated heterocycles. The summed E-state index contributed by atoms with van der Waals surface area (Å²) in [4.78, 5) is 36.9. The number of ether oxygens (including phenoxy) is 2. The van der Waals surface area contributed by atoms with E-state index in [4.69, 9.17) is 9.47 Å². The van der Waals surface area contributed by atoms with E-state index in [1.165, 1.54) is 0 Å². The van der Waals surface area contributed by atoms with Gasteiger partial charge in [0.25, 0.3) is 0 Å². The molecule has 2 atom stereocenters. The Morgan fingerprint density at radius 2 is 0.905 bits per heavy atom. The largest absolute Gasteiger partial charge is 0.478 e. The number of carbonyl (C=O) groups is 3. The maximum absolute atomic E-state index is 13.1. The van der Waals surface area contributed by atoms with E-state index < -0.39 is 123 Å². The molecule has 7 N–H and O–H groups in total. The van der Waals surface area contributed by atoms with Crippen molar-refractivity contribution < 1.29 is 62.6 Å². The van der Waals surface area contributed by atoms with Crippen LogP contribution >= 0.6 is 0 Å². The van der Waals surface area contributed by atoms with Gasteiger partial charge in [0.05, 0.1) is 52.0 Å². The molecule has 3 aromatic carbocycles. The smallest absolute Gasteiger partial charge is 0.407 e. The van der Waals surface area contributed by atoms with E-state index in [-0.39, 0.29) is 24.2 Å². The SMILES string of the molecule is CC(C)(C)OC(=O)N[C@@H](Cc1ccccc1)CS(=O)(=O)NCCS(=O)(=O)Nc1cc(NS(=O)(=O)CCNS(=O)(=O)C[C@H](Cc2ccccc2)NC(=O)OC(C)(C)C)cc(C(=O)O)c1. The molecule has 63 heavy (non-hydrogen) atoms. The Hall–Kier alpha value is -5.01. The van der Waals surface area contributed by atoms with E-state index in [0.717, 1.165) is 18.2 Å². The molecule has 2 amide bonds. The zero-order valence-electron chi connectivity index (χ0n) is 35.7. The molecule has 0 bridgehead atoms. The van der Waals surface area contributed by atoms with Crippen molar-refractivity contribution in [2.24, 2.45) is 0 Å². The van der Waals surface area contributed by atoms with Gasteiger partial charge in [0.2, 0.25) is 40.1 Å². The van der Waals surface area contributed by atoms with Crippen molar-refractivity contribution in [1.82, 2.24) is 20.1 Å². The van der Waals surface area contributed by atoms with Crippen LogP contribution in [0.1, 0.15) is 63.0 Å². The van der Waals surface area contributed by atoms with Gasteiger partial charge in [0, 0.05) is 13.1 Å². The van der Waals surface area contributed by atoms with Crippen molar-refractivity contribution in [2.45, 2.75) is 77.7 Å². The lowest BCUT2D eigenvalue weighted by Gasteiger charge is -2.24. The molecule has 0 aromatic heterocycles. The number of nitrogens with one attached hydrogen (secondary N) is 6. The van der Waals surface area contributed by atoms with Crippen LogP contribution in [0.25, 0.3) is 0 Å². The summed E-state index contributed by atoms with van der Waals surface area (Å²) in [6, 6.07) is 18.3. The molecular weight excluding hydrogens is 905 g/mol. The lowest BCUT2D eigenvalue weighted by atomic mass is 10.1. The Kier molecular flexibility index (Phi) is 18.3. The van der Waals surface area contributed by atoms with Gasteiger partial charge >= 0.3 is 18.2 Å². The van der Waals surface area contributed by atoms with Crippen LogP contribution in [0.15, 0.2) is 78.9 Å². The van der Waals surface area contributed by atoms with E-state index >= 15 is 0 Å². The van der Waals surface area contributed by atoms with Gasteiger partial charge in [-0.05, 0) is 83.7 Å². The van der Waals surface area contributed by atoms with E-state index in [2.05, 4.69) is 29.5 Å². The van der Waals surface area contributed by atoms with Crippen LogP contribution < -0.4 is 29.5 Å². The van der Waals surface area contributed by atoms with Crippen LogP contribution in [-0.2, 0) is 62.4 Å². The lowest BCUT2D eigenvalue weighted by Crippen LogP contribution is -2.46. The summed E-state index contributed by atoms with van der Waals surface area (Å²) in [5.41, 5.74) is -1.60. The Morgan fingerprint density at radius 3 is 1.22 bits per heavy atom. The summed E-state index contributed by atoms with van der Waals surface area (Å²) in [5, 5.41) is 14.7. The highest BCUT2D eigenvalue weighted by atomic mass is 32.2. The predicted octanol–water partition coefficient (Wildman–Crippen LogP) is 2.98. The third kappa shape index (κ3) is 21.8. The summed E-state index contributed by atoms with van der Waals surface area (Å²) in [6.07, 6.45) is -1.50. The quantitative estimate of drug-likeness (QED) is 0.0720. The molecule has 0 heterocycles. The van der Waals surface area contributed by atoms with Gasteiger partial charge in [-0.15, -0.1) is 0 Å². The second-order valence-electron chi connectivity index (χ2n) is 16.4. The normalized spacial score (nSPS) is 13.6. The second kappa shape index (κ2) is 22.1. The number of anilines is 2. The molecule has 0 aliphatic carbocycles. The standard InChI is InChI=1S/C39H56N6O14S4/c1-38(2,3)58-36(48)42-33(21-28-13-9-7-10-14-28)26-62(54,55)40-17-19-60(50,51)44-31-23-30(35(46)47)24-32(25-31)45-61(52,53)20-18-41-63(56,57)27-34(22-29-15-11-8-12-16-29)43-37(49)59-39(4,5)6/h7-16,23-25,33-34,40-41,44-45H,17-22,26-27H2,1-6H3,(H,42,48)(H,43,49)(H,46,47)/t33-,34-/m0/s1. The summed E-state index contributed by atoms with van der Waals surface area (Å²) >= 11 is 0. The Balaban J connectivity index is 1.64. The van der Waals surface area contributed by atoms with Crippen molar-refractivity contribution in [2.75, 3.05) is 45.5 Å².